The number of nitrogens with zero attached hydrogens (tertiary/aromatic N) is 2. The van der Waals surface area contributed by atoms with E-state index in [0.717, 1.165) is 42.0 Å². The summed E-state index contributed by atoms with van der Waals surface area (Å²) >= 11 is 0. The van der Waals surface area contributed by atoms with E-state index in [1.54, 1.807) is 0 Å². The van der Waals surface area contributed by atoms with E-state index in [-0.39, 0.29) is 5.84 Å². The van der Waals surface area contributed by atoms with Crippen molar-refractivity contribution in [3.05, 3.63) is 23.4 Å². The van der Waals surface area contributed by atoms with Gasteiger partial charge in [-0.05, 0) is 56.6 Å². The SMILES string of the molecule is Cc1ccc(C(=N)N)c(N(CC2CC2)CC2CC2)n1. The van der Waals surface area contributed by atoms with Gasteiger partial charge in [-0.15, -0.1) is 0 Å². The number of anilines is 1. The van der Waals surface area contributed by atoms with Crippen molar-refractivity contribution < 1.29 is 0 Å². The second-order valence-electron chi connectivity index (χ2n) is 6.03. The summed E-state index contributed by atoms with van der Waals surface area (Å²) in [5.41, 5.74) is 7.49. The molecule has 4 heteroatoms. The van der Waals surface area contributed by atoms with Gasteiger partial charge in [0.1, 0.15) is 11.7 Å². The van der Waals surface area contributed by atoms with E-state index in [1.807, 2.05) is 19.1 Å². The third-order valence-corrected chi connectivity index (χ3v) is 3.96. The van der Waals surface area contributed by atoms with Crippen LogP contribution in [-0.4, -0.2) is 23.9 Å². The van der Waals surface area contributed by atoms with E-state index in [9.17, 15) is 0 Å². The van der Waals surface area contributed by atoms with Crippen molar-refractivity contribution in [1.29, 1.82) is 5.41 Å². The Hall–Kier alpha value is -1.58. The predicted octanol–water partition coefficient (Wildman–Crippen LogP) is 2.30. The van der Waals surface area contributed by atoms with Gasteiger partial charge in [0.2, 0.25) is 0 Å². The number of aryl methyl sites for hydroxylation is 1. The molecule has 1 aromatic heterocycles. The lowest BCUT2D eigenvalue weighted by molar-refractivity contribution is 0.670. The standard InChI is InChI=1S/C15H22N4/c1-10-2-7-13(14(16)17)15(18-10)19(8-11-3-4-11)9-12-5-6-12/h2,7,11-12H,3-6,8-9H2,1H3,(H3,16,17). The van der Waals surface area contributed by atoms with Gasteiger partial charge >= 0.3 is 0 Å². The summed E-state index contributed by atoms with van der Waals surface area (Å²) in [5, 5.41) is 7.75. The Morgan fingerprint density at radius 1 is 1.26 bits per heavy atom. The van der Waals surface area contributed by atoms with Crippen molar-refractivity contribution in [2.45, 2.75) is 32.6 Å². The number of hydrogen-bond acceptors (Lipinski definition) is 3. The number of aromatic nitrogens is 1. The summed E-state index contributed by atoms with van der Waals surface area (Å²) in [6, 6.07) is 3.87. The minimum atomic E-state index is 0.124. The lowest BCUT2D eigenvalue weighted by Crippen LogP contribution is -2.31. The molecule has 2 fully saturated rings. The van der Waals surface area contributed by atoms with Crippen LogP contribution in [-0.2, 0) is 0 Å². The van der Waals surface area contributed by atoms with Crippen LogP contribution < -0.4 is 10.6 Å². The lowest BCUT2D eigenvalue weighted by atomic mass is 10.2. The predicted molar refractivity (Wildman–Crippen MR) is 77.7 cm³/mol. The molecule has 102 valence electrons. The molecule has 0 aromatic carbocycles. The molecule has 0 aliphatic heterocycles. The highest BCUT2D eigenvalue weighted by molar-refractivity contribution is 5.99. The van der Waals surface area contributed by atoms with Crippen LogP contribution in [0.5, 0.6) is 0 Å². The molecule has 2 aliphatic carbocycles. The zero-order valence-electron chi connectivity index (χ0n) is 11.5. The van der Waals surface area contributed by atoms with Gasteiger partial charge in [-0.25, -0.2) is 4.98 Å². The maximum atomic E-state index is 7.75. The van der Waals surface area contributed by atoms with Crippen molar-refractivity contribution >= 4 is 11.7 Å². The number of nitrogens with one attached hydrogen (secondary N) is 1. The van der Waals surface area contributed by atoms with Gasteiger partial charge in [-0.1, -0.05) is 0 Å². The minimum Gasteiger partial charge on any atom is -0.384 e. The normalized spacial score (nSPS) is 18.4. The Bertz CT molecular complexity index is 475. The first kappa shape index (κ1) is 12.5. The fraction of sp³-hybridized carbons (Fsp3) is 0.600. The van der Waals surface area contributed by atoms with Gasteiger partial charge in [-0.2, -0.15) is 0 Å². The number of pyridine rings is 1. The number of nitrogens with two attached hydrogens (primary N) is 1. The average molecular weight is 258 g/mol. The maximum Gasteiger partial charge on any atom is 0.139 e. The van der Waals surface area contributed by atoms with Gasteiger partial charge < -0.3 is 10.6 Å². The molecular formula is C15H22N4. The maximum absolute atomic E-state index is 7.75. The summed E-state index contributed by atoms with van der Waals surface area (Å²) in [6.45, 7) is 4.15. The third-order valence-electron chi connectivity index (χ3n) is 3.96. The van der Waals surface area contributed by atoms with Crippen LogP contribution in [0.15, 0.2) is 12.1 Å². The van der Waals surface area contributed by atoms with Crippen molar-refractivity contribution in [1.82, 2.24) is 4.98 Å². The molecule has 4 nitrogen and oxygen atoms in total. The molecule has 0 unspecified atom stereocenters. The molecule has 0 spiro atoms. The topological polar surface area (TPSA) is 66.0 Å². The molecule has 1 aromatic rings. The Labute approximate surface area is 114 Å². The lowest BCUT2D eigenvalue weighted by Gasteiger charge is -2.26. The zero-order valence-corrected chi connectivity index (χ0v) is 11.5. The molecule has 0 radical (unpaired) electrons. The molecule has 0 atom stereocenters. The molecule has 3 N–H and O–H groups in total. The van der Waals surface area contributed by atoms with Crippen LogP contribution in [0.2, 0.25) is 0 Å². The van der Waals surface area contributed by atoms with E-state index in [4.69, 9.17) is 11.1 Å². The van der Waals surface area contributed by atoms with Crippen LogP contribution in [0.1, 0.15) is 36.9 Å². The Morgan fingerprint density at radius 3 is 2.32 bits per heavy atom. The van der Waals surface area contributed by atoms with E-state index < -0.39 is 0 Å². The number of nitrogen functional groups attached to an aromatic ring is 1. The van der Waals surface area contributed by atoms with Gasteiger partial charge in [0.15, 0.2) is 0 Å². The van der Waals surface area contributed by atoms with E-state index in [0.29, 0.717) is 0 Å². The minimum absolute atomic E-state index is 0.124. The number of amidine groups is 1. The van der Waals surface area contributed by atoms with Gasteiger partial charge in [0, 0.05) is 18.8 Å². The fourth-order valence-electron chi connectivity index (χ4n) is 2.47. The van der Waals surface area contributed by atoms with Crippen LogP contribution in [0.3, 0.4) is 0 Å². The van der Waals surface area contributed by atoms with Crippen LogP contribution in [0, 0.1) is 24.2 Å². The average Bonchev–Trinajstić information content (AvgIpc) is 3.22. The molecule has 0 saturated heterocycles. The summed E-state index contributed by atoms with van der Waals surface area (Å²) < 4.78 is 0. The van der Waals surface area contributed by atoms with E-state index in [2.05, 4.69) is 9.88 Å². The quantitative estimate of drug-likeness (QED) is 0.608. The smallest absolute Gasteiger partial charge is 0.139 e. The Kier molecular flexibility index (Phi) is 3.17. The van der Waals surface area contributed by atoms with Crippen molar-refractivity contribution in [3.63, 3.8) is 0 Å². The summed E-state index contributed by atoms with van der Waals surface area (Å²) in [7, 11) is 0. The summed E-state index contributed by atoms with van der Waals surface area (Å²) in [6.07, 6.45) is 5.34. The highest BCUT2D eigenvalue weighted by Gasteiger charge is 2.31. The Morgan fingerprint density at radius 2 is 1.84 bits per heavy atom. The highest BCUT2D eigenvalue weighted by atomic mass is 15.2. The molecule has 19 heavy (non-hydrogen) atoms. The van der Waals surface area contributed by atoms with Gasteiger partial charge in [0.05, 0.1) is 5.56 Å². The third kappa shape index (κ3) is 3.06. The van der Waals surface area contributed by atoms with Crippen LogP contribution in [0.25, 0.3) is 0 Å². The largest absolute Gasteiger partial charge is 0.384 e. The molecule has 0 amide bonds. The first-order valence-corrected chi connectivity index (χ1v) is 7.20. The first-order chi connectivity index (χ1) is 9.13. The molecule has 2 aliphatic rings. The fourth-order valence-corrected chi connectivity index (χ4v) is 2.47. The van der Waals surface area contributed by atoms with Crippen LogP contribution >= 0.6 is 0 Å². The molecule has 2 saturated carbocycles. The second kappa shape index (κ2) is 4.83. The second-order valence-corrected chi connectivity index (χ2v) is 6.03. The summed E-state index contributed by atoms with van der Waals surface area (Å²) in [4.78, 5) is 7.04. The first-order valence-electron chi connectivity index (χ1n) is 7.20. The van der Waals surface area contributed by atoms with Crippen molar-refractivity contribution in [2.75, 3.05) is 18.0 Å². The molecular weight excluding hydrogens is 236 g/mol. The van der Waals surface area contributed by atoms with Crippen LogP contribution in [0.4, 0.5) is 5.82 Å². The molecule has 1 heterocycles. The van der Waals surface area contributed by atoms with Gasteiger partial charge in [-0.3, -0.25) is 5.41 Å². The molecule has 3 rings (SSSR count). The van der Waals surface area contributed by atoms with Crippen molar-refractivity contribution in [3.8, 4) is 0 Å². The number of hydrogen-bond donors (Lipinski definition) is 2. The monoisotopic (exact) mass is 258 g/mol. The molecule has 0 bridgehead atoms. The Balaban J connectivity index is 1.89. The van der Waals surface area contributed by atoms with Gasteiger partial charge in [0.25, 0.3) is 0 Å². The number of rotatable bonds is 6. The summed E-state index contributed by atoms with van der Waals surface area (Å²) in [5.74, 6) is 2.69. The zero-order chi connectivity index (χ0) is 13.4. The highest BCUT2D eigenvalue weighted by Crippen LogP contribution is 2.36. The van der Waals surface area contributed by atoms with E-state index >= 15 is 0 Å². The van der Waals surface area contributed by atoms with Crippen molar-refractivity contribution in [2.24, 2.45) is 17.6 Å². The van der Waals surface area contributed by atoms with E-state index in [1.165, 1.54) is 25.7 Å².